The van der Waals surface area contributed by atoms with Gasteiger partial charge in [0.15, 0.2) is 0 Å². The molecule has 7 nitrogen and oxygen atoms in total. The second kappa shape index (κ2) is 5.54. The van der Waals surface area contributed by atoms with Gasteiger partial charge in [0.05, 0.1) is 24.2 Å². The van der Waals surface area contributed by atoms with E-state index in [0.29, 0.717) is 0 Å². The van der Waals surface area contributed by atoms with Crippen molar-refractivity contribution in [3.8, 4) is 0 Å². The van der Waals surface area contributed by atoms with Crippen LogP contribution in [0.4, 0.5) is 0 Å². The molecular formula is C17H24O7. The van der Waals surface area contributed by atoms with Gasteiger partial charge in [0.2, 0.25) is 0 Å². The first-order valence-corrected chi connectivity index (χ1v) is 8.21. The van der Waals surface area contributed by atoms with Crippen LogP contribution in [0.15, 0.2) is 12.2 Å². The number of rotatable bonds is 1. The predicted molar refractivity (Wildman–Crippen MR) is 81.5 cm³/mol. The number of aliphatic hydroxyl groups is 3. The monoisotopic (exact) mass is 340 g/mol. The molecule has 2 aliphatic carbocycles. The van der Waals surface area contributed by atoms with Gasteiger partial charge in [-0.15, -0.1) is 0 Å². The van der Waals surface area contributed by atoms with Crippen molar-refractivity contribution in [3.05, 3.63) is 12.2 Å². The number of hydrogen-bond donors (Lipinski definition) is 3. The fraction of sp³-hybridized carbons (Fsp3) is 0.765. The van der Waals surface area contributed by atoms with Gasteiger partial charge in [0, 0.05) is 30.3 Å². The highest BCUT2D eigenvalue weighted by atomic mass is 16.6. The predicted octanol–water partition coefficient (Wildman–Crippen LogP) is -0.226. The molecule has 0 spiro atoms. The van der Waals surface area contributed by atoms with Gasteiger partial charge in [-0.1, -0.05) is 20.4 Å². The van der Waals surface area contributed by atoms with Gasteiger partial charge in [-0.3, -0.25) is 4.79 Å². The smallest absolute Gasteiger partial charge is 0.334 e. The molecule has 3 fully saturated rings. The number of hydrogen-bond acceptors (Lipinski definition) is 7. The fourth-order valence-electron chi connectivity index (χ4n) is 5.08. The van der Waals surface area contributed by atoms with E-state index < -0.39 is 65.6 Å². The molecule has 7 heteroatoms. The molecule has 2 saturated carbocycles. The van der Waals surface area contributed by atoms with E-state index in [4.69, 9.17) is 9.47 Å². The zero-order valence-electron chi connectivity index (χ0n) is 14.0. The topological polar surface area (TPSA) is 113 Å². The summed E-state index contributed by atoms with van der Waals surface area (Å²) in [6.45, 7) is 8.47. The SMILES string of the molecule is C=C1C(=O)O[C@H]2[C@@H](O)[C@H](C)[C@@H]3[C@H](O)C[C@H](O)[C@]3(C)[C@@H](OC(C)=O)[C@H]12. The Hall–Kier alpha value is -1.44. The highest BCUT2D eigenvalue weighted by Gasteiger charge is 2.67. The third-order valence-corrected chi connectivity index (χ3v) is 6.25. The van der Waals surface area contributed by atoms with Crippen LogP contribution in [0, 0.1) is 23.2 Å². The molecule has 1 aliphatic heterocycles. The largest absolute Gasteiger partial charge is 0.461 e. The molecule has 3 rings (SSSR count). The number of fused-ring (bicyclic) bond motifs is 2. The van der Waals surface area contributed by atoms with Crippen LogP contribution in [-0.2, 0) is 19.1 Å². The molecule has 3 N–H and O–H groups in total. The minimum atomic E-state index is -1.05. The summed E-state index contributed by atoms with van der Waals surface area (Å²) in [7, 11) is 0. The molecule has 0 amide bonds. The molecule has 0 bridgehead atoms. The number of aliphatic hydroxyl groups excluding tert-OH is 3. The molecular weight excluding hydrogens is 316 g/mol. The van der Waals surface area contributed by atoms with Crippen LogP contribution in [0.25, 0.3) is 0 Å². The first-order valence-electron chi connectivity index (χ1n) is 8.21. The Labute approximate surface area is 140 Å². The maximum Gasteiger partial charge on any atom is 0.334 e. The maximum atomic E-state index is 12.0. The molecule has 0 aromatic rings. The van der Waals surface area contributed by atoms with Gasteiger partial charge in [0.1, 0.15) is 12.2 Å². The average molecular weight is 340 g/mol. The molecule has 3 aliphatic rings. The Morgan fingerprint density at radius 3 is 2.58 bits per heavy atom. The Morgan fingerprint density at radius 2 is 2.00 bits per heavy atom. The van der Waals surface area contributed by atoms with E-state index in [2.05, 4.69) is 6.58 Å². The Bertz CT molecular complexity index is 587. The van der Waals surface area contributed by atoms with E-state index in [1.807, 2.05) is 0 Å². The molecule has 0 aromatic heterocycles. The van der Waals surface area contributed by atoms with Crippen molar-refractivity contribution in [2.45, 2.75) is 57.7 Å². The van der Waals surface area contributed by atoms with Crippen LogP contribution >= 0.6 is 0 Å². The zero-order valence-corrected chi connectivity index (χ0v) is 14.0. The van der Waals surface area contributed by atoms with E-state index in [0.717, 1.165) is 0 Å². The molecule has 1 saturated heterocycles. The van der Waals surface area contributed by atoms with E-state index >= 15 is 0 Å². The van der Waals surface area contributed by atoms with Gasteiger partial charge in [0.25, 0.3) is 0 Å². The summed E-state index contributed by atoms with van der Waals surface area (Å²) >= 11 is 0. The average Bonchev–Trinajstić information content (AvgIpc) is 2.88. The highest BCUT2D eigenvalue weighted by Crippen LogP contribution is 2.58. The summed E-state index contributed by atoms with van der Waals surface area (Å²) in [5.41, 5.74) is -0.907. The number of esters is 2. The summed E-state index contributed by atoms with van der Waals surface area (Å²) in [5.74, 6) is -2.93. The Morgan fingerprint density at radius 1 is 1.38 bits per heavy atom. The maximum absolute atomic E-state index is 12.0. The van der Waals surface area contributed by atoms with Crippen molar-refractivity contribution in [3.63, 3.8) is 0 Å². The third kappa shape index (κ3) is 2.14. The van der Waals surface area contributed by atoms with E-state index in [9.17, 15) is 24.9 Å². The molecule has 0 radical (unpaired) electrons. The summed E-state index contributed by atoms with van der Waals surface area (Å²) in [6, 6.07) is 0. The quantitative estimate of drug-likeness (QED) is 0.446. The lowest BCUT2D eigenvalue weighted by atomic mass is 9.66. The minimum absolute atomic E-state index is 0.118. The van der Waals surface area contributed by atoms with Crippen LogP contribution in [0.1, 0.15) is 27.2 Å². The minimum Gasteiger partial charge on any atom is -0.461 e. The van der Waals surface area contributed by atoms with Gasteiger partial charge in [-0.05, 0) is 5.92 Å². The van der Waals surface area contributed by atoms with E-state index in [1.54, 1.807) is 13.8 Å². The standard InChI is InChI=1S/C17H24O7/c1-6-11-14(24-16(6)22)13(21)7(2)12-9(19)5-10(20)17(12,4)15(11)23-8(3)18/h7,9-15,19-21H,1,5H2,2-4H3/t7-,9-,10+,11-,12-,13+,14-,15+,17+/m1/s1. The normalized spacial score (nSPS) is 50.8. The second-order valence-corrected chi connectivity index (χ2v) is 7.51. The summed E-state index contributed by atoms with van der Waals surface area (Å²) in [4.78, 5) is 23.7. The molecule has 134 valence electrons. The lowest BCUT2D eigenvalue weighted by Crippen LogP contribution is -2.51. The molecule has 24 heavy (non-hydrogen) atoms. The Kier molecular flexibility index (Phi) is 4.01. The van der Waals surface area contributed by atoms with Gasteiger partial charge < -0.3 is 24.8 Å². The van der Waals surface area contributed by atoms with Crippen LogP contribution < -0.4 is 0 Å². The van der Waals surface area contributed by atoms with Crippen molar-refractivity contribution >= 4 is 11.9 Å². The van der Waals surface area contributed by atoms with Gasteiger partial charge in [-0.25, -0.2) is 4.79 Å². The summed E-state index contributed by atoms with van der Waals surface area (Å²) in [5, 5.41) is 31.8. The van der Waals surface area contributed by atoms with Crippen LogP contribution in [0.3, 0.4) is 0 Å². The second-order valence-electron chi connectivity index (χ2n) is 7.51. The van der Waals surface area contributed by atoms with Gasteiger partial charge >= 0.3 is 11.9 Å². The lowest BCUT2D eigenvalue weighted by Gasteiger charge is -2.43. The van der Waals surface area contributed by atoms with Gasteiger partial charge in [-0.2, -0.15) is 0 Å². The van der Waals surface area contributed by atoms with E-state index in [1.165, 1.54) is 6.92 Å². The Balaban J connectivity index is 2.17. The van der Waals surface area contributed by atoms with Crippen molar-refractivity contribution in [2.75, 3.05) is 0 Å². The lowest BCUT2D eigenvalue weighted by molar-refractivity contribution is -0.168. The van der Waals surface area contributed by atoms with Crippen molar-refractivity contribution < 1.29 is 34.4 Å². The molecule has 1 heterocycles. The molecule has 9 atom stereocenters. The first-order chi connectivity index (χ1) is 11.1. The first kappa shape index (κ1) is 17.4. The van der Waals surface area contributed by atoms with Crippen molar-refractivity contribution in [1.82, 2.24) is 0 Å². The van der Waals surface area contributed by atoms with Crippen LogP contribution in [0.2, 0.25) is 0 Å². The summed E-state index contributed by atoms with van der Waals surface area (Å²) in [6.07, 6.45) is -4.56. The van der Waals surface area contributed by atoms with Crippen molar-refractivity contribution in [1.29, 1.82) is 0 Å². The summed E-state index contributed by atoms with van der Waals surface area (Å²) < 4.78 is 10.8. The number of carbonyl (C=O) groups excluding carboxylic acids is 2. The molecule has 0 unspecified atom stereocenters. The van der Waals surface area contributed by atoms with Crippen molar-refractivity contribution in [2.24, 2.45) is 23.2 Å². The fourth-order valence-corrected chi connectivity index (χ4v) is 5.08. The highest BCUT2D eigenvalue weighted by molar-refractivity contribution is 5.91. The molecule has 0 aromatic carbocycles. The third-order valence-electron chi connectivity index (χ3n) is 6.25. The van der Waals surface area contributed by atoms with E-state index in [-0.39, 0.29) is 12.0 Å². The number of ether oxygens (including phenoxy) is 2. The zero-order chi connectivity index (χ0) is 18.0. The number of carbonyl (C=O) groups is 2. The van der Waals surface area contributed by atoms with Crippen LogP contribution in [0.5, 0.6) is 0 Å². The van der Waals surface area contributed by atoms with Crippen LogP contribution in [-0.4, -0.2) is 57.8 Å².